The molecule has 2 N–H and O–H groups in total. The zero-order chi connectivity index (χ0) is 10.9. The molecule has 0 amide bonds. The molecule has 15 heavy (non-hydrogen) atoms. The van der Waals surface area contributed by atoms with E-state index in [1.54, 1.807) is 0 Å². The molecule has 0 radical (unpaired) electrons. The van der Waals surface area contributed by atoms with Gasteiger partial charge in [-0.25, -0.2) is 0 Å². The van der Waals surface area contributed by atoms with E-state index in [0.717, 1.165) is 25.4 Å². The molecule has 1 aliphatic rings. The lowest BCUT2D eigenvalue weighted by atomic mass is 9.79. The molecule has 2 heteroatoms. The summed E-state index contributed by atoms with van der Waals surface area (Å²) in [6, 6.07) is 0. The van der Waals surface area contributed by atoms with Crippen molar-refractivity contribution in [1.29, 1.82) is 0 Å². The third-order valence-electron chi connectivity index (χ3n) is 3.67. The van der Waals surface area contributed by atoms with E-state index in [9.17, 15) is 5.11 Å². The average Bonchev–Trinajstić information content (AvgIpc) is 2.30. The maximum absolute atomic E-state index is 9.41. The minimum atomic E-state index is 0.387. The van der Waals surface area contributed by atoms with Crippen molar-refractivity contribution in [2.45, 2.75) is 51.9 Å². The monoisotopic (exact) mass is 213 g/mol. The molecule has 0 heterocycles. The summed E-state index contributed by atoms with van der Waals surface area (Å²) in [5.74, 6) is 1.35. The van der Waals surface area contributed by atoms with E-state index in [2.05, 4.69) is 12.2 Å². The lowest BCUT2D eigenvalue weighted by Crippen LogP contribution is -2.26. The van der Waals surface area contributed by atoms with Crippen molar-refractivity contribution in [2.24, 2.45) is 11.8 Å². The van der Waals surface area contributed by atoms with Crippen molar-refractivity contribution in [3.8, 4) is 0 Å². The second-order valence-corrected chi connectivity index (χ2v) is 4.88. The highest BCUT2D eigenvalue weighted by molar-refractivity contribution is 4.74. The van der Waals surface area contributed by atoms with Crippen LogP contribution in [0.1, 0.15) is 51.9 Å². The molecule has 0 bridgehead atoms. The van der Waals surface area contributed by atoms with Crippen molar-refractivity contribution in [3.63, 3.8) is 0 Å². The van der Waals surface area contributed by atoms with Crippen molar-refractivity contribution < 1.29 is 5.11 Å². The van der Waals surface area contributed by atoms with Crippen LogP contribution in [0.5, 0.6) is 0 Å². The molecule has 0 aromatic carbocycles. The van der Waals surface area contributed by atoms with Crippen LogP contribution in [0, 0.1) is 11.8 Å². The first-order valence-electron chi connectivity index (χ1n) is 6.70. The lowest BCUT2D eigenvalue weighted by Gasteiger charge is -2.29. The SMILES string of the molecule is CCCNCCC(CO)C1CCCCC1. The first kappa shape index (κ1) is 13.0. The number of hydrogen-bond donors (Lipinski definition) is 2. The molecule has 1 atom stereocenters. The van der Waals surface area contributed by atoms with E-state index in [1.807, 2.05) is 0 Å². The highest BCUT2D eigenvalue weighted by Crippen LogP contribution is 2.31. The fourth-order valence-corrected chi connectivity index (χ4v) is 2.67. The second-order valence-electron chi connectivity index (χ2n) is 4.88. The van der Waals surface area contributed by atoms with Crippen LogP contribution in [0.15, 0.2) is 0 Å². The Labute approximate surface area is 94.5 Å². The first-order valence-corrected chi connectivity index (χ1v) is 6.70. The molecule has 0 spiro atoms. The van der Waals surface area contributed by atoms with Crippen LogP contribution >= 0.6 is 0 Å². The van der Waals surface area contributed by atoms with Crippen LogP contribution in [0.25, 0.3) is 0 Å². The standard InChI is InChI=1S/C13H27NO/c1-2-9-14-10-8-13(11-15)12-6-4-3-5-7-12/h12-15H,2-11H2,1H3. The van der Waals surface area contributed by atoms with Crippen molar-refractivity contribution >= 4 is 0 Å². The predicted octanol–water partition coefficient (Wildman–Crippen LogP) is 2.56. The quantitative estimate of drug-likeness (QED) is 0.637. The van der Waals surface area contributed by atoms with Crippen molar-refractivity contribution in [3.05, 3.63) is 0 Å². The van der Waals surface area contributed by atoms with Gasteiger partial charge < -0.3 is 10.4 Å². The third kappa shape index (κ3) is 4.98. The van der Waals surface area contributed by atoms with Gasteiger partial charge in [-0.05, 0) is 37.8 Å². The minimum Gasteiger partial charge on any atom is -0.396 e. The van der Waals surface area contributed by atoms with Gasteiger partial charge in [-0.2, -0.15) is 0 Å². The fourth-order valence-electron chi connectivity index (χ4n) is 2.67. The summed E-state index contributed by atoms with van der Waals surface area (Å²) < 4.78 is 0. The number of aliphatic hydroxyl groups excluding tert-OH is 1. The normalized spacial score (nSPS) is 20.4. The van der Waals surface area contributed by atoms with Gasteiger partial charge in [-0.15, -0.1) is 0 Å². The summed E-state index contributed by atoms with van der Waals surface area (Å²) in [6.45, 7) is 4.77. The summed E-state index contributed by atoms with van der Waals surface area (Å²) in [5.41, 5.74) is 0. The van der Waals surface area contributed by atoms with Gasteiger partial charge in [0.05, 0.1) is 0 Å². The molecule has 1 unspecified atom stereocenters. The van der Waals surface area contributed by atoms with Crippen LogP contribution in [0.2, 0.25) is 0 Å². The van der Waals surface area contributed by atoms with Crippen LogP contribution in [-0.4, -0.2) is 24.8 Å². The van der Waals surface area contributed by atoms with Gasteiger partial charge in [0.25, 0.3) is 0 Å². The van der Waals surface area contributed by atoms with E-state index in [-0.39, 0.29) is 0 Å². The molecular weight excluding hydrogens is 186 g/mol. The second kappa shape index (κ2) is 8.12. The highest BCUT2D eigenvalue weighted by Gasteiger charge is 2.22. The Hall–Kier alpha value is -0.0800. The van der Waals surface area contributed by atoms with Gasteiger partial charge in [0.15, 0.2) is 0 Å². The molecule has 1 rings (SSSR count). The fraction of sp³-hybridized carbons (Fsp3) is 1.00. The molecule has 1 fully saturated rings. The molecule has 1 saturated carbocycles. The number of nitrogens with one attached hydrogen (secondary N) is 1. The third-order valence-corrected chi connectivity index (χ3v) is 3.67. The van der Waals surface area contributed by atoms with Crippen LogP contribution < -0.4 is 5.32 Å². The molecule has 0 saturated heterocycles. The summed E-state index contributed by atoms with van der Waals surface area (Å²) >= 11 is 0. The molecule has 90 valence electrons. The van der Waals surface area contributed by atoms with E-state index < -0.39 is 0 Å². The zero-order valence-corrected chi connectivity index (χ0v) is 10.2. The van der Waals surface area contributed by atoms with E-state index in [4.69, 9.17) is 0 Å². The maximum atomic E-state index is 9.41. The molecule has 2 nitrogen and oxygen atoms in total. The van der Waals surface area contributed by atoms with E-state index in [1.165, 1.54) is 38.5 Å². The Morgan fingerprint density at radius 1 is 1.20 bits per heavy atom. The largest absolute Gasteiger partial charge is 0.396 e. The van der Waals surface area contributed by atoms with Gasteiger partial charge in [-0.1, -0.05) is 39.0 Å². The van der Waals surface area contributed by atoms with Crippen molar-refractivity contribution in [1.82, 2.24) is 5.32 Å². The molecule has 0 aromatic heterocycles. The Morgan fingerprint density at radius 2 is 1.93 bits per heavy atom. The summed E-state index contributed by atoms with van der Waals surface area (Å²) in [6.07, 6.45) is 9.21. The van der Waals surface area contributed by atoms with Crippen LogP contribution in [0.4, 0.5) is 0 Å². The number of aliphatic hydroxyl groups is 1. The topological polar surface area (TPSA) is 32.3 Å². The Bertz CT molecular complexity index is 143. The Kier molecular flexibility index (Phi) is 7.03. The zero-order valence-electron chi connectivity index (χ0n) is 10.2. The van der Waals surface area contributed by atoms with Gasteiger partial charge in [0.1, 0.15) is 0 Å². The molecule has 1 aliphatic carbocycles. The Balaban J connectivity index is 2.15. The van der Waals surface area contributed by atoms with E-state index in [0.29, 0.717) is 12.5 Å². The predicted molar refractivity (Wildman–Crippen MR) is 64.9 cm³/mol. The molecule has 0 aromatic rings. The van der Waals surface area contributed by atoms with Crippen LogP contribution in [-0.2, 0) is 0 Å². The Morgan fingerprint density at radius 3 is 2.53 bits per heavy atom. The van der Waals surface area contributed by atoms with Crippen LogP contribution in [0.3, 0.4) is 0 Å². The number of rotatable bonds is 7. The summed E-state index contributed by atoms with van der Waals surface area (Å²) in [5, 5.41) is 12.8. The average molecular weight is 213 g/mol. The number of hydrogen-bond acceptors (Lipinski definition) is 2. The van der Waals surface area contributed by atoms with Gasteiger partial charge in [0.2, 0.25) is 0 Å². The smallest absolute Gasteiger partial charge is 0.0462 e. The molecule has 0 aliphatic heterocycles. The summed E-state index contributed by atoms with van der Waals surface area (Å²) in [7, 11) is 0. The van der Waals surface area contributed by atoms with Gasteiger partial charge in [0, 0.05) is 6.61 Å². The van der Waals surface area contributed by atoms with Gasteiger partial charge >= 0.3 is 0 Å². The first-order chi connectivity index (χ1) is 7.38. The minimum absolute atomic E-state index is 0.387. The molecular formula is C13H27NO. The van der Waals surface area contributed by atoms with E-state index >= 15 is 0 Å². The maximum Gasteiger partial charge on any atom is 0.0462 e. The lowest BCUT2D eigenvalue weighted by molar-refractivity contribution is 0.139. The highest BCUT2D eigenvalue weighted by atomic mass is 16.3. The van der Waals surface area contributed by atoms with Crippen molar-refractivity contribution in [2.75, 3.05) is 19.7 Å². The summed E-state index contributed by atoms with van der Waals surface area (Å²) in [4.78, 5) is 0. The van der Waals surface area contributed by atoms with Gasteiger partial charge in [-0.3, -0.25) is 0 Å².